The first kappa shape index (κ1) is 91.0. The predicted molar refractivity (Wildman–Crippen MR) is 410 cm³/mol. The molecule has 2 unspecified atom stereocenters. The molecule has 3 aliphatic heterocycles. The number of allylic oxidation sites excluding steroid dienone is 6. The summed E-state index contributed by atoms with van der Waals surface area (Å²) in [6, 6.07) is 1.41. The maximum Gasteiger partial charge on any atom is 0.312 e. The molecule has 3 heterocycles. The molecule has 5 fully saturated rings. The SMILES string of the molecule is C=C1C=C[C@@]2(C)C(=C1)[C@@H](F)C[C@H]1[C@@H]3C[C@H]4OC(CCC)O[C@@]4(C(=O)COc4ccc(NC(=O)[C@H](CCCNC(N)=O)NC(=O)[C@@H](NC(=O)[C@@H](CCCCNC(=O)COC5CCCCCC(N[C@@H]6O[C@H](CO)[C@H](O)[C@H](O)[C@H]6O)=C5N)NC(=O)CCOCCOCCOCCOCCN5C(=O)C=CC5=O)C(C)C)cc4)[C@@]3(C)C[C@H](O)[C@@]12F. The summed E-state index contributed by atoms with van der Waals surface area (Å²) in [5, 5.41) is 72.6. The number of amides is 9. The number of hydrogen-bond donors (Lipinski definition) is 14. The molecule has 9 rings (SSSR count). The topological polar surface area (TPSA) is 477 Å². The quantitative estimate of drug-likeness (QED) is 0.0328. The molecular formula is C80H118F2N10O23. The third-order valence-corrected chi connectivity index (χ3v) is 23.3. The normalized spacial score (nSPS) is 30.4. The summed E-state index contributed by atoms with van der Waals surface area (Å²) in [5.41, 5.74) is 6.95. The van der Waals surface area contributed by atoms with E-state index in [0.29, 0.717) is 49.8 Å². The Bertz CT molecular complexity index is 3670. The van der Waals surface area contributed by atoms with E-state index in [1.54, 1.807) is 45.9 Å². The molecule has 33 nitrogen and oxygen atoms in total. The fraction of sp³-hybridized carbons (Fsp3) is 0.688. The van der Waals surface area contributed by atoms with Crippen LogP contribution in [-0.4, -0.2) is 267 Å². The number of unbranched alkanes of at least 4 members (excludes halogenated alkanes) is 1. The number of halogens is 2. The van der Waals surface area contributed by atoms with Crippen molar-refractivity contribution in [2.45, 2.75) is 228 Å². The zero-order valence-corrected chi connectivity index (χ0v) is 66.3. The van der Waals surface area contributed by atoms with Gasteiger partial charge in [0, 0.05) is 59.8 Å². The zero-order valence-electron chi connectivity index (χ0n) is 66.3. The van der Waals surface area contributed by atoms with Crippen LogP contribution in [0, 0.1) is 28.6 Å². The molecule has 0 spiro atoms. The van der Waals surface area contributed by atoms with Gasteiger partial charge in [-0.3, -0.25) is 43.3 Å². The summed E-state index contributed by atoms with van der Waals surface area (Å²) in [5.74, 6) is -6.60. The van der Waals surface area contributed by atoms with Crippen molar-refractivity contribution in [1.29, 1.82) is 0 Å². The maximum atomic E-state index is 18.2. The first-order valence-electron chi connectivity index (χ1n) is 40.1. The Morgan fingerprint density at radius 3 is 2.08 bits per heavy atom. The van der Waals surface area contributed by atoms with E-state index in [1.807, 2.05) is 6.92 Å². The van der Waals surface area contributed by atoms with Crippen molar-refractivity contribution in [3.8, 4) is 5.75 Å². The van der Waals surface area contributed by atoms with Gasteiger partial charge in [-0.25, -0.2) is 13.6 Å². The van der Waals surface area contributed by atoms with Gasteiger partial charge >= 0.3 is 6.03 Å². The minimum atomic E-state index is -2.29. The smallest absolute Gasteiger partial charge is 0.312 e. The Kier molecular flexibility index (Phi) is 33.2. The van der Waals surface area contributed by atoms with Gasteiger partial charge in [-0.1, -0.05) is 71.8 Å². The number of alkyl halides is 2. The van der Waals surface area contributed by atoms with E-state index in [4.69, 9.17) is 54.1 Å². The van der Waals surface area contributed by atoms with Crippen LogP contribution >= 0.6 is 0 Å². The third-order valence-electron chi connectivity index (χ3n) is 23.3. The van der Waals surface area contributed by atoms with Gasteiger partial charge in [0.1, 0.15) is 67.7 Å². The number of carbonyl (C=O) groups excluding carboxylic acids is 9. The van der Waals surface area contributed by atoms with E-state index in [0.717, 1.165) is 17.7 Å². The second-order valence-electron chi connectivity index (χ2n) is 31.5. The van der Waals surface area contributed by atoms with Crippen LogP contribution in [0.1, 0.15) is 137 Å². The number of anilines is 1. The fourth-order valence-electron chi connectivity index (χ4n) is 17.1. The van der Waals surface area contributed by atoms with Crippen LogP contribution in [0.4, 0.5) is 19.3 Å². The molecule has 0 bridgehead atoms. The number of primary amides is 1. The zero-order chi connectivity index (χ0) is 83.4. The van der Waals surface area contributed by atoms with Gasteiger partial charge in [0.25, 0.3) is 11.8 Å². The minimum Gasteiger partial charge on any atom is -0.486 e. The maximum absolute atomic E-state index is 18.2. The van der Waals surface area contributed by atoms with Crippen LogP contribution in [0.15, 0.2) is 83.8 Å². The average Bonchev–Trinajstić information content (AvgIpc) is 1.64. The fourth-order valence-corrected chi connectivity index (χ4v) is 17.1. The molecule has 3 saturated carbocycles. The standard InChI is InChI=1S/C80H118F2N10O23/c1-7-14-66-114-61-41-50-51-40-53(81)52-39-47(4)25-27-77(52,5)79(51,82)59(94)42-78(50,6)80(61,115-66)60(95)44-111-49-21-19-48(20-22-49)87-72(103)56(17-13-29-86-76(84)106)89-74(105)68(46(2)3)91-73(104)55(88-62(96)26-31-107-33-35-109-37-38-110-36-34-108-32-30-92-64(98)23-24-65(92)99)16-11-12-28-85-63(97)45-112-57-18-10-8-9-15-54(67(57)83)90-75-71(102)70(101)69(100)58(43-93)113-75/h19-25,27,39,46,50-51,53,55-59,61,66,68-71,75,90,93-94,100-102H,4,7-18,26,28-38,40-45,83H2,1-3,5-6H3,(H,85,97)(H,87,103)(H,88,96)(H,89,105)(H,91,104)(H3,84,86,106)/t50-,51-,53-,55+,56-,57?,58+,59-,61+,66?,68-,69-,70-,71+,75+,77-,78-,79-,80+/m0/s1. The summed E-state index contributed by atoms with van der Waals surface area (Å²) >= 11 is 0. The number of imide groups is 1. The highest BCUT2D eigenvalue weighted by Crippen LogP contribution is 2.72. The summed E-state index contributed by atoms with van der Waals surface area (Å²) in [6.07, 6.45) is -0.954. The lowest BCUT2D eigenvalue weighted by molar-refractivity contribution is -0.234. The van der Waals surface area contributed by atoms with Gasteiger partial charge in [-0.05, 0) is 131 Å². The van der Waals surface area contributed by atoms with Crippen LogP contribution in [0.25, 0.3) is 0 Å². The second kappa shape index (κ2) is 42.0. The van der Waals surface area contributed by atoms with E-state index in [1.165, 1.54) is 36.4 Å². The van der Waals surface area contributed by atoms with Crippen molar-refractivity contribution in [3.05, 3.63) is 83.8 Å². The van der Waals surface area contributed by atoms with Gasteiger partial charge in [0.15, 0.2) is 23.8 Å². The molecular weight excluding hydrogens is 1510 g/mol. The number of benzene rings is 1. The van der Waals surface area contributed by atoms with Crippen LogP contribution in [0.2, 0.25) is 0 Å². The van der Waals surface area contributed by atoms with Crippen molar-refractivity contribution < 1.29 is 120 Å². The molecule has 19 atom stereocenters. The average molecular weight is 1630 g/mol. The molecule has 640 valence electrons. The number of ketones is 1. The lowest BCUT2D eigenvalue weighted by atomic mass is 9.44. The van der Waals surface area contributed by atoms with Gasteiger partial charge in [-0.15, -0.1) is 0 Å². The Hall–Kier alpha value is -7.91. The minimum absolute atomic E-state index is 0.0257. The number of carbonyl (C=O) groups is 9. The number of rotatable bonds is 44. The summed E-state index contributed by atoms with van der Waals surface area (Å²) < 4.78 is 87.8. The Balaban J connectivity index is 0.793. The van der Waals surface area contributed by atoms with Gasteiger partial charge < -0.3 is 117 Å². The Morgan fingerprint density at radius 1 is 0.748 bits per heavy atom. The Morgan fingerprint density at radius 2 is 1.41 bits per heavy atom. The molecule has 2 saturated heterocycles. The van der Waals surface area contributed by atoms with Gasteiger partial charge in [0.05, 0.1) is 90.0 Å². The molecule has 16 N–H and O–H groups in total. The molecule has 0 radical (unpaired) electrons. The Labute approximate surface area is 668 Å². The van der Waals surface area contributed by atoms with Crippen LogP contribution in [0.5, 0.6) is 5.75 Å². The number of ether oxygens (including phenoxy) is 9. The number of hydrogen-bond acceptors (Lipinski definition) is 25. The molecule has 0 aromatic heterocycles. The molecule has 1 aromatic rings. The number of nitrogens with zero attached hydrogens (tertiary/aromatic N) is 1. The third kappa shape index (κ3) is 22.1. The van der Waals surface area contributed by atoms with Crippen molar-refractivity contribution in [3.63, 3.8) is 0 Å². The monoisotopic (exact) mass is 1620 g/mol. The molecule has 115 heavy (non-hydrogen) atoms. The lowest BCUT2D eigenvalue weighted by Gasteiger charge is -2.63. The van der Waals surface area contributed by atoms with Crippen molar-refractivity contribution in [2.75, 3.05) is 97.6 Å². The van der Waals surface area contributed by atoms with Crippen LogP contribution in [0.3, 0.4) is 0 Å². The number of urea groups is 1. The summed E-state index contributed by atoms with van der Waals surface area (Å²) in [7, 11) is 0. The van der Waals surface area contributed by atoms with Crippen LogP contribution < -0.4 is 53.4 Å². The second-order valence-corrected chi connectivity index (χ2v) is 31.5. The first-order chi connectivity index (χ1) is 54.9. The largest absolute Gasteiger partial charge is 0.486 e. The number of fused-ring (bicyclic) bond motifs is 7. The molecule has 1 aromatic carbocycles. The number of nitrogens with one attached hydrogen (secondary N) is 7. The molecule has 35 heteroatoms. The van der Waals surface area contributed by atoms with Crippen molar-refractivity contribution >= 4 is 58.9 Å². The predicted octanol–water partition coefficient (Wildman–Crippen LogP) is 1.91. The molecule has 8 aliphatic rings. The molecule has 9 amide bonds. The highest BCUT2D eigenvalue weighted by molar-refractivity contribution is 6.12. The first-order valence-corrected chi connectivity index (χ1v) is 40.1. The van der Waals surface area contributed by atoms with Crippen molar-refractivity contribution in [1.82, 2.24) is 36.8 Å². The lowest BCUT2D eigenvalue weighted by Crippen LogP contribution is -2.70. The van der Waals surface area contributed by atoms with Crippen molar-refractivity contribution in [2.24, 2.45) is 40.1 Å². The molecule has 5 aliphatic carbocycles. The summed E-state index contributed by atoms with van der Waals surface area (Å²) in [4.78, 5) is 121. The van der Waals surface area contributed by atoms with E-state index in [2.05, 4.69) is 43.8 Å². The van der Waals surface area contributed by atoms with Crippen LogP contribution in [-0.2, 0) is 76.3 Å². The highest BCUT2D eigenvalue weighted by Gasteiger charge is 2.80. The highest BCUT2D eigenvalue weighted by atomic mass is 19.1. The van der Waals surface area contributed by atoms with Gasteiger partial charge in [-0.2, -0.15) is 0 Å². The van der Waals surface area contributed by atoms with E-state index in [-0.39, 0.29) is 147 Å². The summed E-state index contributed by atoms with van der Waals surface area (Å²) in [6.45, 7) is 12.7. The van der Waals surface area contributed by atoms with E-state index >= 15 is 13.6 Å². The number of nitrogens with two attached hydrogens (primary N) is 2. The van der Waals surface area contributed by atoms with E-state index < -0.39 is 192 Å². The number of Topliss-reactive ketones (excluding diaryl/α,β-unsaturated/α-hetero) is 1. The number of aliphatic hydroxyl groups excluding tert-OH is 5. The van der Waals surface area contributed by atoms with Gasteiger partial charge in [0.2, 0.25) is 35.3 Å². The number of aliphatic hydroxyl groups is 5. The van der Waals surface area contributed by atoms with E-state index in [9.17, 15) is 63.9 Å².